The van der Waals surface area contributed by atoms with Crippen molar-refractivity contribution in [2.75, 3.05) is 0 Å². The highest BCUT2D eigenvalue weighted by molar-refractivity contribution is 6.03. The number of rotatable bonds is 8. The number of carboxylic acid groups (broad SMARTS) is 1. The smallest absolute Gasteiger partial charge is 0.309 e. The fraction of sp³-hybridized carbons (Fsp3) is 0.756. The number of Topliss-reactive ketones (excluding diaryl/α,β-unsaturated/α-hetero) is 1. The Morgan fingerprint density at radius 2 is 1.65 bits per heavy atom. The molecule has 10 nitrogen and oxygen atoms in total. The van der Waals surface area contributed by atoms with Gasteiger partial charge < -0.3 is 24.9 Å². The minimum atomic E-state index is -1.23. The first kappa shape index (κ1) is 39.8. The van der Waals surface area contributed by atoms with Crippen LogP contribution in [0.3, 0.4) is 0 Å². The van der Waals surface area contributed by atoms with Crippen LogP contribution >= 0.6 is 0 Å². The van der Waals surface area contributed by atoms with E-state index in [9.17, 15) is 29.1 Å². The van der Waals surface area contributed by atoms with E-state index in [1.165, 1.54) is 12.5 Å². The number of carboxylic acids is 1. The molecule has 10 heteroatoms. The number of hydrogen-bond donors (Lipinski definition) is 3. The highest BCUT2D eigenvalue weighted by Crippen LogP contribution is 2.75. The summed E-state index contributed by atoms with van der Waals surface area (Å²) in [5.74, 6) is -1.32. The van der Waals surface area contributed by atoms with E-state index in [1.807, 2.05) is 13.8 Å². The Morgan fingerprint density at radius 3 is 2.27 bits per heavy atom. The average Bonchev–Trinajstić information content (AvgIpc) is 3.72. The lowest BCUT2D eigenvalue weighted by atomic mass is 9.34. The summed E-state index contributed by atoms with van der Waals surface area (Å²) in [6, 6.07) is 1.57. The number of carbonyl (C=O) groups is 5. The van der Waals surface area contributed by atoms with Crippen LogP contribution in [0.2, 0.25) is 0 Å². The van der Waals surface area contributed by atoms with Crippen LogP contribution in [0.15, 0.2) is 34.2 Å². The Balaban J connectivity index is 1.12. The zero-order valence-electron chi connectivity index (χ0n) is 34.7. The predicted octanol–water partition coefficient (Wildman–Crippen LogP) is 7.91. The molecular weight excluding hydrogens is 697 g/mol. The molecular formula is C45H64N2O8. The van der Waals surface area contributed by atoms with E-state index >= 15 is 0 Å². The van der Waals surface area contributed by atoms with Crippen molar-refractivity contribution in [1.82, 2.24) is 10.6 Å². The highest BCUT2D eigenvalue weighted by atomic mass is 16.5. The second-order valence-corrected chi connectivity index (χ2v) is 20.8. The molecule has 55 heavy (non-hydrogen) atoms. The molecule has 5 fully saturated rings. The molecule has 0 bridgehead atoms. The third-order valence-corrected chi connectivity index (χ3v) is 17.2. The molecule has 1 heterocycles. The number of furan rings is 1. The Labute approximate surface area is 326 Å². The zero-order chi connectivity index (χ0) is 40.3. The lowest BCUT2D eigenvalue weighted by Crippen LogP contribution is -2.67. The Kier molecular flexibility index (Phi) is 9.44. The second kappa shape index (κ2) is 13.1. The molecule has 2 amide bonds. The lowest BCUT2D eigenvalue weighted by Gasteiger charge is -2.71. The van der Waals surface area contributed by atoms with Crippen LogP contribution in [-0.4, -0.2) is 51.8 Å². The van der Waals surface area contributed by atoms with E-state index < -0.39 is 34.3 Å². The average molecular weight is 761 g/mol. The highest BCUT2D eigenvalue weighted by Gasteiger charge is 2.69. The third kappa shape index (κ3) is 5.79. The third-order valence-electron chi connectivity index (χ3n) is 17.2. The Bertz CT molecular complexity index is 1810. The maximum atomic E-state index is 14.2. The zero-order valence-corrected chi connectivity index (χ0v) is 34.7. The van der Waals surface area contributed by atoms with E-state index in [1.54, 1.807) is 19.9 Å². The molecule has 1 aromatic heterocycles. The number of carbonyl (C=O) groups excluding carboxylic acids is 4. The van der Waals surface area contributed by atoms with Gasteiger partial charge in [0, 0.05) is 6.42 Å². The number of esters is 1. The van der Waals surface area contributed by atoms with Gasteiger partial charge in [-0.15, -0.1) is 0 Å². The monoisotopic (exact) mass is 760 g/mol. The molecule has 302 valence electrons. The van der Waals surface area contributed by atoms with E-state index in [4.69, 9.17) is 9.15 Å². The number of nitrogens with one attached hydrogen (secondary N) is 2. The molecule has 0 aromatic carbocycles. The normalized spacial score (nSPS) is 40.6. The molecule has 2 unspecified atom stereocenters. The number of ketones is 1. The molecule has 7 rings (SSSR count). The van der Waals surface area contributed by atoms with Crippen molar-refractivity contribution in [3.8, 4) is 0 Å². The maximum absolute atomic E-state index is 14.2. The number of aliphatic carboxylic acids is 1. The van der Waals surface area contributed by atoms with Gasteiger partial charge in [-0.25, -0.2) is 0 Å². The summed E-state index contributed by atoms with van der Waals surface area (Å²) in [6.45, 7) is 21.1. The molecule has 11 atom stereocenters. The van der Waals surface area contributed by atoms with Gasteiger partial charge in [0.2, 0.25) is 5.91 Å². The van der Waals surface area contributed by atoms with Gasteiger partial charge in [-0.1, -0.05) is 55.4 Å². The number of allylic oxidation sites excluding steroid dienone is 1. The predicted molar refractivity (Wildman–Crippen MR) is 206 cm³/mol. The van der Waals surface area contributed by atoms with Crippen molar-refractivity contribution in [2.24, 2.45) is 63.1 Å². The molecule has 6 aliphatic carbocycles. The van der Waals surface area contributed by atoms with Gasteiger partial charge in [0.15, 0.2) is 5.78 Å². The first-order chi connectivity index (χ1) is 25.5. The van der Waals surface area contributed by atoms with Crippen molar-refractivity contribution >= 4 is 29.5 Å². The number of amides is 2. The summed E-state index contributed by atoms with van der Waals surface area (Å²) >= 11 is 0. The minimum absolute atomic E-state index is 0.000927. The summed E-state index contributed by atoms with van der Waals surface area (Å²) in [5, 5.41) is 15.9. The number of ether oxygens (including phenoxy) is 1. The van der Waals surface area contributed by atoms with Crippen LogP contribution < -0.4 is 10.6 Å². The van der Waals surface area contributed by atoms with Crippen molar-refractivity contribution in [3.63, 3.8) is 0 Å². The summed E-state index contributed by atoms with van der Waals surface area (Å²) in [4.78, 5) is 66.5. The molecule has 3 N–H and O–H groups in total. The van der Waals surface area contributed by atoms with Crippen LogP contribution in [0.5, 0.6) is 0 Å². The van der Waals surface area contributed by atoms with Crippen LogP contribution in [0.1, 0.15) is 144 Å². The standard InChI is InChI=1S/C45H64N2O8/c1-24(2)34-31(48)22-45(47-39(53)41(6,7)46-36(49)26-15-20-54-23-26)19-18-43(9)28(35(34)45)11-12-33-42(8)16-14-32(25(3)27(42)13-17-44(33,43)10)55-38(52)30-21-29(37(50)51)40(30,4)5/h15,20,23-25,27-30,32-33H,11-14,16-19,21-22H2,1-10H3,(H,46,49)(H,47,53)(H,50,51)/t25-,27?,28-,29+,30-,32+,33?,42+,43-,44-,45-/m1/s1. The molecule has 0 saturated heterocycles. The molecule has 6 aliphatic rings. The summed E-state index contributed by atoms with van der Waals surface area (Å²) in [7, 11) is 0. The molecule has 1 aromatic rings. The van der Waals surface area contributed by atoms with Gasteiger partial charge in [0.1, 0.15) is 17.9 Å². The minimum Gasteiger partial charge on any atom is -0.481 e. The quantitative estimate of drug-likeness (QED) is 0.226. The number of hydrogen-bond acceptors (Lipinski definition) is 7. The van der Waals surface area contributed by atoms with Gasteiger partial charge in [-0.05, 0) is 140 Å². The lowest BCUT2D eigenvalue weighted by molar-refractivity contribution is -0.217. The first-order valence-corrected chi connectivity index (χ1v) is 20.9. The van der Waals surface area contributed by atoms with Gasteiger partial charge in [0.25, 0.3) is 5.91 Å². The van der Waals surface area contributed by atoms with Gasteiger partial charge in [-0.3, -0.25) is 24.0 Å². The van der Waals surface area contributed by atoms with Crippen molar-refractivity contribution in [2.45, 2.75) is 151 Å². The SMILES string of the molecule is CC(C)C1=C2[C@H]3CCC4[C@@]5(C)CC[C@H](OC(=O)[C@H]6C[C@@H](C(=O)O)C6(C)C)[C@H](C)C5CC[C@@]4(C)[C@]3(C)CC[C@@]2(NC(=O)C(C)(C)NC(=O)c2ccoc2)CC1=O. The van der Waals surface area contributed by atoms with Gasteiger partial charge in [0.05, 0.1) is 29.2 Å². The molecule has 0 radical (unpaired) electrons. The Morgan fingerprint density at radius 1 is 0.945 bits per heavy atom. The van der Waals surface area contributed by atoms with Gasteiger partial charge in [-0.2, -0.15) is 0 Å². The van der Waals surface area contributed by atoms with Crippen LogP contribution in [0.25, 0.3) is 0 Å². The summed E-state index contributed by atoms with van der Waals surface area (Å²) < 4.78 is 11.4. The van der Waals surface area contributed by atoms with Gasteiger partial charge >= 0.3 is 11.9 Å². The van der Waals surface area contributed by atoms with E-state index in [-0.39, 0.29) is 70.1 Å². The summed E-state index contributed by atoms with van der Waals surface area (Å²) in [5.41, 5.74) is -0.273. The van der Waals surface area contributed by atoms with Crippen LogP contribution in [0, 0.1) is 63.1 Å². The fourth-order valence-corrected chi connectivity index (χ4v) is 13.7. The van der Waals surface area contributed by atoms with E-state index in [0.717, 1.165) is 56.1 Å². The number of fused-ring (bicyclic) bond motifs is 7. The van der Waals surface area contributed by atoms with Crippen molar-refractivity contribution in [1.29, 1.82) is 0 Å². The second-order valence-electron chi connectivity index (χ2n) is 20.8. The van der Waals surface area contributed by atoms with E-state index in [0.29, 0.717) is 30.2 Å². The fourth-order valence-electron chi connectivity index (χ4n) is 13.7. The largest absolute Gasteiger partial charge is 0.481 e. The molecule has 0 aliphatic heterocycles. The first-order valence-electron chi connectivity index (χ1n) is 20.9. The van der Waals surface area contributed by atoms with Crippen molar-refractivity contribution in [3.05, 3.63) is 35.3 Å². The maximum Gasteiger partial charge on any atom is 0.309 e. The molecule has 0 spiro atoms. The topological polar surface area (TPSA) is 152 Å². The van der Waals surface area contributed by atoms with Crippen LogP contribution in [-0.2, 0) is 23.9 Å². The van der Waals surface area contributed by atoms with Crippen LogP contribution in [0.4, 0.5) is 0 Å². The Hall–Kier alpha value is -3.43. The van der Waals surface area contributed by atoms with Crippen molar-refractivity contribution < 1.29 is 38.2 Å². The molecule has 5 saturated carbocycles. The van der Waals surface area contributed by atoms with E-state index in [2.05, 4.69) is 52.2 Å². The summed E-state index contributed by atoms with van der Waals surface area (Å²) in [6.07, 6.45) is 10.6.